The Morgan fingerprint density at radius 1 is 1.03 bits per heavy atom. The van der Waals surface area contributed by atoms with Gasteiger partial charge < -0.3 is 15.0 Å². The number of halogens is 2. The SMILES string of the molecule is C1=CC2=C(CCCCC2)C(NCCN2CCC3(CC2)OCc2ccccc23)C1.Cl.Cl. The van der Waals surface area contributed by atoms with E-state index in [1.165, 1.54) is 49.7 Å². The zero-order chi connectivity index (χ0) is 18.8. The molecule has 1 aromatic rings. The molecule has 1 N–H and O–H groups in total. The summed E-state index contributed by atoms with van der Waals surface area (Å²) in [7, 11) is 0. The van der Waals surface area contributed by atoms with Gasteiger partial charge in [-0.15, -0.1) is 24.8 Å². The Labute approximate surface area is 194 Å². The Kier molecular flexibility index (Phi) is 8.46. The molecule has 0 saturated carbocycles. The molecule has 5 heteroatoms. The van der Waals surface area contributed by atoms with Gasteiger partial charge in [0.25, 0.3) is 0 Å². The van der Waals surface area contributed by atoms with Gasteiger partial charge in [0.15, 0.2) is 0 Å². The summed E-state index contributed by atoms with van der Waals surface area (Å²) in [5, 5.41) is 3.89. The summed E-state index contributed by atoms with van der Waals surface area (Å²) in [5.74, 6) is 0. The van der Waals surface area contributed by atoms with Crippen LogP contribution in [-0.4, -0.2) is 37.1 Å². The average Bonchev–Trinajstić information content (AvgIpc) is 2.92. The molecule has 0 aromatic heterocycles. The summed E-state index contributed by atoms with van der Waals surface area (Å²) < 4.78 is 6.31. The van der Waals surface area contributed by atoms with Crippen molar-refractivity contribution in [3.63, 3.8) is 0 Å². The predicted octanol–water partition coefficient (Wildman–Crippen LogP) is 5.53. The van der Waals surface area contributed by atoms with Gasteiger partial charge in [-0.05, 0) is 67.2 Å². The minimum Gasteiger partial charge on any atom is -0.365 e. The molecule has 1 spiro atoms. The molecule has 0 bridgehead atoms. The molecule has 0 radical (unpaired) electrons. The second kappa shape index (κ2) is 10.7. The average molecular weight is 451 g/mol. The number of likely N-dealkylation sites (tertiary alicyclic amines) is 1. The molecule has 1 atom stereocenters. The van der Waals surface area contributed by atoms with Gasteiger partial charge in [0, 0.05) is 32.2 Å². The molecule has 1 aromatic carbocycles. The Balaban J connectivity index is 0.00000128. The number of allylic oxidation sites excluding steroid dienone is 2. The van der Waals surface area contributed by atoms with Crippen LogP contribution in [0.3, 0.4) is 0 Å². The highest BCUT2D eigenvalue weighted by Gasteiger charge is 2.42. The van der Waals surface area contributed by atoms with Gasteiger partial charge in [0.1, 0.15) is 0 Å². The fourth-order valence-electron chi connectivity index (χ4n) is 5.75. The number of hydrogen-bond donors (Lipinski definition) is 1. The standard InChI is InChI=1S/C25H34N2O.2ClH/c1-2-7-20-9-6-12-24(22(20)10-3-1)26-15-18-27-16-13-25(14-17-27)23-11-5-4-8-21(23)19-28-25;;/h4-6,8-9,11,24,26H,1-3,7,10,12-19H2;2*1H. The quantitative estimate of drug-likeness (QED) is 0.652. The molecular weight excluding hydrogens is 415 g/mol. The van der Waals surface area contributed by atoms with Crippen molar-refractivity contribution in [2.75, 3.05) is 26.2 Å². The van der Waals surface area contributed by atoms with Crippen LogP contribution in [0.1, 0.15) is 62.5 Å². The van der Waals surface area contributed by atoms with Gasteiger partial charge >= 0.3 is 0 Å². The first-order valence-corrected chi connectivity index (χ1v) is 11.4. The third kappa shape index (κ3) is 4.81. The molecule has 5 rings (SSSR count). The van der Waals surface area contributed by atoms with Crippen LogP contribution in [-0.2, 0) is 16.9 Å². The lowest BCUT2D eigenvalue weighted by molar-refractivity contribution is -0.0785. The van der Waals surface area contributed by atoms with E-state index in [0.29, 0.717) is 6.04 Å². The van der Waals surface area contributed by atoms with Crippen LogP contribution in [0.5, 0.6) is 0 Å². The summed E-state index contributed by atoms with van der Waals surface area (Å²) >= 11 is 0. The summed E-state index contributed by atoms with van der Waals surface area (Å²) in [5.41, 5.74) is 6.20. The van der Waals surface area contributed by atoms with Gasteiger partial charge in [0.05, 0.1) is 12.2 Å². The molecule has 30 heavy (non-hydrogen) atoms. The summed E-state index contributed by atoms with van der Waals surface area (Å²) in [6.45, 7) is 5.34. The van der Waals surface area contributed by atoms with E-state index in [1.54, 1.807) is 11.1 Å². The second-order valence-electron chi connectivity index (χ2n) is 9.04. The third-order valence-corrected chi connectivity index (χ3v) is 7.41. The number of benzene rings is 1. The number of hydrogen-bond acceptors (Lipinski definition) is 3. The van der Waals surface area contributed by atoms with Crippen molar-refractivity contribution in [3.8, 4) is 0 Å². The van der Waals surface area contributed by atoms with Crippen LogP contribution in [0.4, 0.5) is 0 Å². The van der Waals surface area contributed by atoms with Crippen molar-refractivity contribution in [1.29, 1.82) is 0 Å². The van der Waals surface area contributed by atoms with Crippen molar-refractivity contribution < 1.29 is 4.74 Å². The van der Waals surface area contributed by atoms with E-state index in [4.69, 9.17) is 4.74 Å². The molecule has 2 aliphatic heterocycles. The molecule has 1 fully saturated rings. The fourth-order valence-corrected chi connectivity index (χ4v) is 5.75. The van der Waals surface area contributed by atoms with E-state index in [0.717, 1.165) is 45.6 Å². The van der Waals surface area contributed by atoms with Crippen LogP contribution < -0.4 is 5.32 Å². The lowest BCUT2D eigenvalue weighted by Gasteiger charge is -2.39. The summed E-state index contributed by atoms with van der Waals surface area (Å²) in [6.07, 6.45) is 15.0. The Morgan fingerprint density at radius 3 is 2.70 bits per heavy atom. The van der Waals surface area contributed by atoms with Crippen LogP contribution in [0, 0.1) is 0 Å². The minimum absolute atomic E-state index is 0. The zero-order valence-corrected chi connectivity index (χ0v) is 19.5. The molecule has 1 unspecified atom stereocenters. The molecule has 4 aliphatic rings. The third-order valence-electron chi connectivity index (χ3n) is 7.41. The maximum Gasteiger partial charge on any atom is 0.0963 e. The van der Waals surface area contributed by atoms with Gasteiger partial charge in [0.2, 0.25) is 0 Å². The van der Waals surface area contributed by atoms with E-state index in [-0.39, 0.29) is 30.4 Å². The van der Waals surface area contributed by atoms with Crippen LogP contribution in [0.15, 0.2) is 47.6 Å². The molecule has 2 heterocycles. The summed E-state index contributed by atoms with van der Waals surface area (Å²) in [6, 6.07) is 9.40. The van der Waals surface area contributed by atoms with Crippen LogP contribution in [0.25, 0.3) is 0 Å². The van der Waals surface area contributed by atoms with E-state index in [2.05, 4.69) is 46.6 Å². The van der Waals surface area contributed by atoms with Gasteiger partial charge in [-0.25, -0.2) is 0 Å². The number of nitrogens with zero attached hydrogens (tertiary/aromatic N) is 1. The summed E-state index contributed by atoms with van der Waals surface area (Å²) in [4.78, 5) is 2.63. The Hall–Kier alpha value is -0.840. The van der Waals surface area contributed by atoms with Crippen molar-refractivity contribution in [1.82, 2.24) is 10.2 Å². The van der Waals surface area contributed by atoms with E-state index in [1.807, 2.05) is 0 Å². The van der Waals surface area contributed by atoms with Gasteiger partial charge in [-0.2, -0.15) is 0 Å². The number of piperidine rings is 1. The van der Waals surface area contributed by atoms with E-state index < -0.39 is 0 Å². The molecule has 1 saturated heterocycles. The van der Waals surface area contributed by atoms with Crippen molar-refractivity contribution in [3.05, 3.63) is 58.7 Å². The zero-order valence-electron chi connectivity index (χ0n) is 17.9. The molecule has 2 aliphatic carbocycles. The molecular formula is C25H36Cl2N2O. The lowest BCUT2D eigenvalue weighted by Crippen LogP contribution is -2.45. The van der Waals surface area contributed by atoms with E-state index in [9.17, 15) is 0 Å². The highest BCUT2D eigenvalue weighted by atomic mass is 35.5. The number of ether oxygens (including phenoxy) is 1. The highest BCUT2D eigenvalue weighted by Crippen LogP contribution is 2.43. The maximum absolute atomic E-state index is 6.31. The lowest BCUT2D eigenvalue weighted by atomic mass is 9.84. The van der Waals surface area contributed by atoms with Crippen molar-refractivity contribution in [2.45, 2.75) is 69.6 Å². The Bertz CT molecular complexity index is 768. The predicted molar refractivity (Wildman–Crippen MR) is 129 cm³/mol. The maximum atomic E-state index is 6.31. The highest BCUT2D eigenvalue weighted by molar-refractivity contribution is 5.85. The largest absolute Gasteiger partial charge is 0.365 e. The first-order chi connectivity index (χ1) is 13.8. The number of fused-ring (bicyclic) bond motifs is 2. The normalized spacial score (nSPS) is 25.1. The first-order valence-electron chi connectivity index (χ1n) is 11.4. The number of rotatable bonds is 4. The van der Waals surface area contributed by atoms with Crippen molar-refractivity contribution >= 4 is 24.8 Å². The molecule has 0 amide bonds. The van der Waals surface area contributed by atoms with Crippen molar-refractivity contribution in [2.24, 2.45) is 0 Å². The smallest absolute Gasteiger partial charge is 0.0963 e. The van der Waals surface area contributed by atoms with Crippen LogP contribution >= 0.6 is 24.8 Å². The monoisotopic (exact) mass is 450 g/mol. The van der Waals surface area contributed by atoms with E-state index >= 15 is 0 Å². The first kappa shape index (κ1) is 23.8. The molecule has 3 nitrogen and oxygen atoms in total. The van der Waals surface area contributed by atoms with Gasteiger partial charge in [-0.1, -0.05) is 42.8 Å². The number of nitrogens with one attached hydrogen (secondary N) is 1. The minimum atomic E-state index is -0.00521. The Morgan fingerprint density at radius 2 is 1.83 bits per heavy atom. The van der Waals surface area contributed by atoms with Crippen LogP contribution in [0.2, 0.25) is 0 Å². The molecule has 166 valence electrons. The second-order valence-corrected chi connectivity index (χ2v) is 9.04. The van der Waals surface area contributed by atoms with Gasteiger partial charge in [-0.3, -0.25) is 0 Å². The fraction of sp³-hybridized carbons (Fsp3) is 0.600. The topological polar surface area (TPSA) is 24.5 Å².